The summed E-state index contributed by atoms with van der Waals surface area (Å²) >= 11 is 0. The highest BCUT2D eigenvalue weighted by Gasteiger charge is 2.27. The lowest BCUT2D eigenvalue weighted by Gasteiger charge is -2.16. The van der Waals surface area contributed by atoms with Crippen LogP contribution in [0.3, 0.4) is 0 Å². The SMILES string of the molecule is Fc1ccc(NC2c3ccccc3-c3ccccc32)cn1. The number of rotatable bonds is 2. The minimum absolute atomic E-state index is 0.0738. The lowest BCUT2D eigenvalue weighted by Crippen LogP contribution is -2.09. The molecular formula is C18H13FN2. The van der Waals surface area contributed by atoms with E-state index in [2.05, 4.69) is 46.7 Å². The van der Waals surface area contributed by atoms with Gasteiger partial charge < -0.3 is 5.32 Å². The van der Waals surface area contributed by atoms with Gasteiger partial charge in [-0.05, 0) is 34.4 Å². The number of pyridine rings is 1. The Bertz CT molecular complexity index is 751. The fourth-order valence-electron chi connectivity index (χ4n) is 2.94. The van der Waals surface area contributed by atoms with Crippen LogP contribution < -0.4 is 5.32 Å². The quantitative estimate of drug-likeness (QED) is 0.702. The van der Waals surface area contributed by atoms with E-state index >= 15 is 0 Å². The fraction of sp³-hybridized carbons (Fsp3) is 0.0556. The predicted octanol–water partition coefficient (Wildman–Crippen LogP) is 4.40. The zero-order valence-corrected chi connectivity index (χ0v) is 11.3. The largest absolute Gasteiger partial charge is 0.373 e. The molecule has 0 aliphatic heterocycles. The number of halogens is 1. The van der Waals surface area contributed by atoms with Crippen molar-refractivity contribution in [1.29, 1.82) is 0 Å². The van der Waals surface area contributed by atoms with Crippen molar-refractivity contribution in [3.63, 3.8) is 0 Å². The Kier molecular flexibility index (Phi) is 2.71. The van der Waals surface area contributed by atoms with E-state index in [0.717, 1.165) is 5.69 Å². The monoisotopic (exact) mass is 276 g/mol. The maximum atomic E-state index is 12.9. The summed E-state index contributed by atoms with van der Waals surface area (Å²) in [5, 5.41) is 3.45. The molecule has 1 heterocycles. The van der Waals surface area contributed by atoms with Crippen LogP contribution in [0.1, 0.15) is 17.2 Å². The van der Waals surface area contributed by atoms with E-state index in [-0.39, 0.29) is 6.04 Å². The van der Waals surface area contributed by atoms with Gasteiger partial charge in [0.05, 0.1) is 17.9 Å². The van der Waals surface area contributed by atoms with Gasteiger partial charge in [-0.25, -0.2) is 4.98 Å². The van der Waals surface area contributed by atoms with Crippen LogP contribution >= 0.6 is 0 Å². The van der Waals surface area contributed by atoms with Gasteiger partial charge in [0.25, 0.3) is 0 Å². The highest BCUT2D eigenvalue weighted by molar-refractivity contribution is 5.80. The molecule has 0 saturated heterocycles. The number of anilines is 1. The summed E-state index contributed by atoms with van der Waals surface area (Å²) in [6.45, 7) is 0. The standard InChI is InChI=1S/C18H13FN2/c19-17-10-9-12(11-20-17)21-18-15-7-3-1-5-13(15)14-6-2-4-8-16(14)18/h1-11,18,21H. The average Bonchev–Trinajstić information content (AvgIpc) is 2.85. The van der Waals surface area contributed by atoms with Crippen LogP contribution in [-0.4, -0.2) is 4.98 Å². The van der Waals surface area contributed by atoms with Crippen LogP contribution in [0.2, 0.25) is 0 Å². The average molecular weight is 276 g/mol. The van der Waals surface area contributed by atoms with Gasteiger partial charge in [-0.15, -0.1) is 0 Å². The third-order valence-corrected chi connectivity index (χ3v) is 3.87. The highest BCUT2D eigenvalue weighted by atomic mass is 19.1. The minimum Gasteiger partial charge on any atom is -0.373 e. The molecule has 1 aromatic heterocycles. The van der Waals surface area contributed by atoms with Crippen molar-refractivity contribution in [2.24, 2.45) is 0 Å². The number of nitrogens with one attached hydrogen (secondary N) is 1. The van der Waals surface area contributed by atoms with E-state index in [1.165, 1.54) is 34.5 Å². The molecule has 3 heteroatoms. The molecule has 1 aliphatic rings. The third-order valence-electron chi connectivity index (χ3n) is 3.87. The summed E-state index contributed by atoms with van der Waals surface area (Å²) in [6.07, 6.45) is 1.53. The highest BCUT2D eigenvalue weighted by Crippen LogP contribution is 2.44. The van der Waals surface area contributed by atoms with Crippen LogP contribution in [0.25, 0.3) is 11.1 Å². The molecule has 0 atom stereocenters. The molecule has 2 nitrogen and oxygen atoms in total. The van der Waals surface area contributed by atoms with Crippen LogP contribution in [0.15, 0.2) is 66.9 Å². The molecular weight excluding hydrogens is 263 g/mol. The van der Waals surface area contributed by atoms with Crippen molar-refractivity contribution in [2.45, 2.75) is 6.04 Å². The maximum Gasteiger partial charge on any atom is 0.212 e. The molecule has 0 amide bonds. The molecule has 102 valence electrons. The predicted molar refractivity (Wildman–Crippen MR) is 81.5 cm³/mol. The molecule has 2 aromatic carbocycles. The summed E-state index contributed by atoms with van der Waals surface area (Å²) in [5.74, 6) is -0.465. The number of hydrogen-bond acceptors (Lipinski definition) is 2. The Labute approximate surface area is 122 Å². The lowest BCUT2D eigenvalue weighted by atomic mass is 10.1. The van der Waals surface area contributed by atoms with Gasteiger partial charge in [0.1, 0.15) is 0 Å². The van der Waals surface area contributed by atoms with E-state index in [0.29, 0.717) is 0 Å². The van der Waals surface area contributed by atoms with E-state index in [1.807, 2.05) is 12.1 Å². The lowest BCUT2D eigenvalue weighted by molar-refractivity contribution is 0.584. The van der Waals surface area contributed by atoms with E-state index in [4.69, 9.17) is 0 Å². The Morgan fingerprint density at radius 1 is 0.810 bits per heavy atom. The van der Waals surface area contributed by atoms with Gasteiger partial charge in [0, 0.05) is 0 Å². The van der Waals surface area contributed by atoms with Gasteiger partial charge in [0.2, 0.25) is 5.95 Å². The first-order chi connectivity index (χ1) is 10.3. The van der Waals surface area contributed by atoms with E-state index in [9.17, 15) is 4.39 Å². The number of benzene rings is 2. The van der Waals surface area contributed by atoms with Crippen molar-refractivity contribution in [2.75, 3.05) is 5.32 Å². The second kappa shape index (κ2) is 4.70. The molecule has 0 unspecified atom stereocenters. The van der Waals surface area contributed by atoms with Crippen molar-refractivity contribution >= 4 is 5.69 Å². The van der Waals surface area contributed by atoms with E-state index in [1.54, 1.807) is 6.07 Å². The molecule has 0 fully saturated rings. The van der Waals surface area contributed by atoms with Gasteiger partial charge in [-0.1, -0.05) is 48.5 Å². The summed E-state index contributed by atoms with van der Waals surface area (Å²) in [5.41, 5.74) is 5.79. The summed E-state index contributed by atoms with van der Waals surface area (Å²) in [6, 6.07) is 19.9. The van der Waals surface area contributed by atoms with Gasteiger partial charge >= 0.3 is 0 Å². The topological polar surface area (TPSA) is 24.9 Å². The first-order valence-corrected chi connectivity index (χ1v) is 6.89. The van der Waals surface area contributed by atoms with Crippen molar-refractivity contribution in [1.82, 2.24) is 4.98 Å². The molecule has 4 rings (SSSR count). The molecule has 21 heavy (non-hydrogen) atoms. The van der Waals surface area contributed by atoms with Gasteiger partial charge in [-0.2, -0.15) is 4.39 Å². The van der Waals surface area contributed by atoms with Crippen molar-refractivity contribution in [3.8, 4) is 11.1 Å². The molecule has 0 saturated carbocycles. The van der Waals surface area contributed by atoms with Crippen LogP contribution in [-0.2, 0) is 0 Å². The second-order valence-electron chi connectivity index (χ2n) is 5.12. The van der Waals surface area contributed by atoms with Crippen LogP contribution in [0.4, 0.5) is 10.1 Å². The minimum atomic E-state index is -0.465. The smallest absolute Gasteiger partial charge is 0.212 e. The Morgan fingerprint density at radius 3 is 2.00 bits per heavy atom. The van der Waals surface area contributed by atoms with Gasteiger partial charge in [0.15, 0.2) is 0 Å². The van der Waals surface area contributed by atoms with E-state index < -0.39 is 5.95 Å². The molecule has 0 radical (unpaired) electrons. The number of aromatic nitrogens is 1. The number of hydrogen-bond donors (Lipinski definition) is 1. The number of fused-ring (bicyclic) bond motifs is 3. The van der Waals surface area contributed by atoms with Crippen molar-refractivity contribution in [3.05, 3.63) is 83.9 Å². The normalized spacial score (nSPS) is 12.8. The van der Waals surface area contributed by atoms with Crippen LogP contribution in [0.5, 0.6) is 0 Å². The zero-order chi connectivity index (χ0) is 14.2. The Balaban J connectivity index is 1.79. The molecule has 1 aliphatic carbocycles. The molecule has 3 aromatic rings. The third kappa shape index (κ3) is 1.98. The Morgan fingerprint density at radius 2 is 1.43 bits per heavy atom. The second-order valence-corrected chi connectivity index (χ2v) is 5.12. The zero-order valence-electron chi connectivity index (χ0n) is 11.3. The maximum absolute atomic E-state index is 12.9. The summed E-state index contributed by atoms with van der Waals surface area (Å²) < 4.78 is 12.9. The first kappa shape index (κ1) is 12.1. The van der Waals surface area contributed by atoms with Gasteiger partial charge in [-0.3, -0.25) is 0 Å². The van der Waals surface area contributed by atoms with Crippen molar-refractivity contribution < 1.29 is 4.39 Å². The number of nitrogens with zero attached hydrogens (tertiary/aromatic N) is 1. The summed E-state index contributed by atoms with van der Waals surface area (Å²) in [7, 11) is 0. The molecule has 0 bridgehead atoms. The molecule has 0 spiro atoms. The van der Waals surface area contributed by atoms with Crippen LogP contribution in [0, 0.1) is 5.95 Å². The molecule has 1 N–H and O–H groups in total. The summed E-state index contributed by atoms with van der Waals surface area (Å²) in [4.78, 5) is 3.70. The first-order valence-electron chi connectivity index (χ1n) is 6.89. The fourth-order valence-corrected chi connectivity index (χ4v) is 2.94. The Hall–Kier alpha value is -2.68.